The Morgan fingerprint density at radius 2 is 1.52 bits per heavy atom. The van der Waals surface area contributed by atoms with Crippen molar-refractivity contribution in [2.75, 3.05) is 10.6 Å². The quantitative estimate of drug-likeness (QED) is 0.173. The number of anilines is 3. The number of carbonyl (C=O) groups excluding carboxylic acids is 2. The molecule has 0 aliphatic heterocycles. The van der Waals surface area contributed by atoms with Gasteiger partial charge in [-0.15, -0.1) is 0 Å². The van der Waals surface area contributed by atoms with Gasteiger partial charge in [0.05, 0.1) is 5.69 Å². The molecule has 44 heavy (non-hydrogen) atoms. The van der Waals surface area contributed by atoms with Gasteiger partial charge in [-0.25, -0.2) is 4.79 Å². The number of carbonyl (C=O) groups is 2. The maximum absolute atomic E-state index is 12.8. The molecule has 6 aromatic rings. The van der Waals surface area contributed by atoms with E-state index in [1.807, 2.05) is 87.5 Å². The Morgan fingerprint density at radius 1 is 0.795 bits per heavy atom. The highest BCUT2D eigenvalue weighted by atomic mass is 16.6. The lowest BCUT2D eigenvalue weighted by atomic mass is 10.1. The van der Waals surface area contributed by atoms with Crippen molar-refractivity contribution in [3.63, 3.8) is 0 Å². The van der Waals surface area contributed by atoms with Crippen LogP contribution < -0.4 is 16.0 Å². The van der Waals surface area contributed by atoms with Crippen molar-refractivity contribution in [2.24, 2.45) is 0 Å². The molecule has 0 radical (unpaired) electrons. The van der Waals surface area contributed by atoms with E-state index in [0.29, 0.717) is 17.8 Å². The van der Waals surface area contributed by atoms with Crippen LogP contribution in [-0.4, -0.2) is 22.6 Å². The monoisotopic (exact) mass is 584 g/mol. The van der Waals surface area contributed by atoms with Gasteiger partial charge < -0.3 is 25.1 Å². The third-order valence-corrected chi connectivity index (χ3v) is 6.92. The van der Waals surface area contributed by atoms with Gasteiger partial charge in [-0.2, -0.15) is 0 Å². The van der Waals surface area contributed by atoms with Crippen LogP contribution in [0.1, 0.15) is 36.7 Å². The molecule has 0 saturated heterocycles. The van der Waals surface area contributed by atoms with Crippen LogP contribution in [0.2, 0.25) is 0 Å². The number of hydrogen-bond donors (Lipinski definition) is 3. The van der Waals surface area contributed by atoms with E-state index in [1.54, 1.807) is 30.5 Å². The van der Waals surface area contributed by atoms with E-state index in [1.165, 1.54) is 0 Å². The molecule has 4 aromatic carbocycles. The number of amides is 2. The van der Waals surface area contributed by atoms with Crippen molar-refractivity contribution in [3.8, 4) is 11.3 Å². The van der Waals surface area contributed by atoms with Crippen LogP contribution >= 0.6 is 0 Å². The highest BCUT2D eigenvalue weighted by molar-refractivity contribution is 6.09. The number of benzene rings is 4. The predicted octanol–water partition coefficient (Wildman–Crippen LogP) is 8.67. The predicted molar refractivity (Wildman–Crippen MR) is 174 cm³/mol. The standard InChI is InChI=1S/C36H32N4O4/c1-36(2,3)44-35(42)38-22-23-11-13-24(14-12-23)34(41)40-26-17-15-25(16-18-26)39-27-19-20-37-31(21-27)30-9-6-8-29-28-7-4-5-10-32(28)43-33(29)30/h4-21H,22H2,1-3H3,(H,37,39)(H,38,42)(H,40,41). The van der Waals surface area contributed by atoms with Crippen LogP contribution in [0.3, 0.4) is 0 Å². The summed E-state index contributed by atoms with van der Waals surface area (Å²) in [6, 6.07) is 32.6. The fraction of sp³-hybridized carbons (Fsp3) is 0.139. The highest BCUT2D eigenvalue weighted by Gasteiger charge is 2.16. The maximum atomic E-state index is 12.8. The number of hydrogen-bond acceptors (Lipinski definition) is 6. The molecule has 0 spiro atoms. The second-order valence-corrected chi connectivity index (χ2v) is 11.4. The Bertz CT molecular complexity index is 1960. The molecule has 0 aliphatic rings. The Kier molecular flexibility index (Phi) is 7.72. The van der Waals surface area contributed by atoms with Gasteiger partial charge in [0.2, 0.25) is 0 Å². The van der Waals surface area contributed by atoms with Crippen molar-refractivity contribution in [1.82, 2.24) is 10.3 Å². The zero-order valence-electron chi connectivity index (χ0n) is 24.7. The van der Waals surface area contributed by atoms with Crippen LogP contribution in [0.25, 0.3) is 33.2 Å². The van der Waals surface area contributed by atoms with Crippen LogP contribution in [0.4, 0.5) is 21.9 Å². The van der Waals surface area contributed by atoms with Gasteiger partial charge in [-0.05, 0) is 87.0 Å². The maximum Gasteiger partial charge on any atom is 0.407 e. The number of nitrogens with one attached hydrogen (secondary N) is 3. The van der Waals surface area contributed by atoms with Gasteiger partial charge >= 0.3 is 6.09 Å². The van der Waals surface area contributed by atoms with Crippen molar-refractivity contribution < 1.29 is 18.7 Å². The molecule has 0 aliphatic carbocycles. The summed E-state index contributed by atoms with van der Waals surface area (Å²) < 4.78 is 11.4. The first-order valence-electron chi connectivity index (χ1n) is 14.3. The minimum Gasteiger partial charge on any atom is -0.455 e. The molecule has 3 N–H and O–H groups in total. The first-order chi connectivity index (χ1) is 21.2. The number of furan rings is 1. The first-order valence-corrected chi connectivity index (χ1v) is 14.3. The SMILES string of the molecule is CC(C)(C)OC(=O)NCc1ccc(C(=O)Nc2ccc(Nc3ccnc(-c4cccc5c4oc4ccccc45)c3)cc2)cc1. The highest BCUT2D eigenvalue weighted by Crippen LogP contribution is 2.35. The lowest BCUT2D eigenvalue weighted by molar-refractivity contribution is 0.0523. The number of pyridine rings is 1. The molecule has 2 heterocycles. The van der Waals surface area contributed by atoms with Crippen molar-refractivity contribution >= 4 is 51.0 Å². The number of alkyl carbamates (subject to hydrolysis) is 1. The Balaban J connectivity index is 1.08. The van der Waals surface area contributed by atoms with E-state index >= 15 is 0 Å². The molecule has 0 bridgehead atoms. The molecular formula is C36H32N4O4. The van der Waals surface area contributed by atoms with Crippen molar-refractivity contribution in [3.05, 3.63) is 120 Å². The largest absolute Gasteiger partial charge is 0.455 e. The number of rotatable bonds is 7. The van der Waals surface area contributed by atoms with E-state index in [9.17, 15) is 9.59 Å². The molecule has 8 nitrogen and oxygen atoms in total. The fourth-order valence-electron chi connectivity index (χ4n) is 4.87. The van der Waals surface area contributed by atoms with E-state index in [4.69, 9.17) is 9.15 Å². The van der Waals surface area contributed by atoms with Gasteiger partial charge in [0.1, 0.15) is 16.8 Å². The number of fused-ring (bicyclic) bond motifs is 3. The average Bonchev–Trinajstić information content (AvgIpc) is 3.40. The van der Waals surface area contributed by atoms with Gasteiger partial charge in [0.15, 0.2) is 0 Å². The van der Waals surface area contributed by atoms with E-state index < -0.39 is 11.7 Å². The molecule has 0 fully saturated rings. The summed E-state index contributed by atoms with van der Waals surface area (Å²) in [5, 5.41) is 11.2. The normalized spacial score (nSPS) is 11.3. The Labute approximate surface area is 255 Å². The summed E-state index contributed by atoms with van der Waals surface area (Å²) in [6.07, 6.45) is 1.29. The molecule has 0 atom stereocenters. The molecular weight excluding hydrogens is 552 g/mol. The molecule has 220 valence electrons. The van der Waals surface area contributed by atoms with Gasteiger partial charge in [0, 0.05) is 51.7 Å². The smallest absolute Gasteiger partial charge is 0.407 e. The van der Waals surface area contributed by atoms with Crippen LogP contribution in [0.5, 0.6) is 0 Å². The van der Waals surface area contributed by atoms with Gasteiger partial charge in [-0.1, -0.05) is 42.5 Å². The second kappa shape index (κ2) is 11.9. The van der Waals surface area contributed by atoms with Crippen molar-refractivity contribution in [2.45, 2.75) is 32.9 Å². The third-order valence-electron chi connectivity index (χ3n) is 6.92. The van der Waals surface area contributed by atoms with Crippen LogP contribution in [-0.2, 0) is 11.3 Å². The molecule has 2 aromatic heterocycles. The van der Waals surface area contributed by atoms with Gasteiger partial charge in [0.25, 0.3) is 5.91 Å². The summed E-state index contributed by atoms with van der Waals surface area (Å²) in [4.78, 5) is 29.3. The lowest BCUT2D eigenvalue weighted by Crippen LogP contribution is -2.32. The molecule has 0 unspecified atom stereocenters. The molecule has 2 amide bonds. The van der Waals surface area contributed by atoms with E-state index in [-0.39, 0.29) is 5.91 Å². The zero-order valence-corrected chi connectivity index (χ0v) is 24.7. The second-order valence-electron chi connectivity index (χ2n) is 11.4. The molecule has 0 saturated carbocycles. The zero-order chi connectivity index (χ0) is 30.7. The lowest BCUT2D eigenvalue weighted by Gasteiger charge is -2.19. The van der Waals surface area contributed by atoms with Gasteiger partial charge in [-0.3, -0.25) is 9.78 Å². The Hall–Kier alpha value is -5.63. The summed E-state index contributed by atoms with van der Waals surface area (Å²) in [5.74, 6) is -0.226. The molecule has 8 heteroatoms. The number of nitrogens with zero attached hydrogens (tertiary/aromatic N) is 1. The Morgan fingerprint density at radius 3 is 2.30 bits per heavy atom. The van der Waals surface area contributed by atoms with E-state index in [2.05, 4.69) is 33.1 Å². The van der Waals surface area contributed by atoms with E-state index in [0.717, 1.165) is 50.1 Å². The van der Waals surface area contributed by atoms with Crippen LogP contribution in [0, 0.1) is 0 Å². The third kappa shape index (κ3) is 6.55. The summed E-state index contributed by atoms with van der Waals surface area (Å²) >= 11 is 0. The van der Waals surface area contributed by atoms with Crippen molar-refractivity contribution in [1.29, 1.82) is 0 Å². The first kappa shape index (κ1) is 28.5. The average molecular weight is 585 g/mol. The number of para-hydroxylation sites is 2. The minimum atomic E-state index is -0.560. The molecule has 6 rings (SSSR count). The summed E-state index contributed by atoms with van der Waals surface area (Å²) in [6.45, 7) is 5.74. The topological polar surface area (TPSA) is 105 Å². The number of aromatic nitrogens is 1. The fourth-order valence-corrected chi connectivity index (χ4v) is 4.87. The minimum absolute atomic E-state index is 0.226. The van der Waals surface area contributed by atoms with Crippen LogP contribution in [0.15, 0.2) is 114 Å². The number of ether oxygens (including phenoxy) is 1. The summed E-state index contributed by atoms with van der Waals surface area (Å²) in [5.41, 5.74) is 6.60. The summed E-state index contributed by atoms with van der Waals surface area (Å²) in [7, 11) is 0.